The Balaban J connectivity index is 1.24. The molecule has 1 saturated carbocycles. The van der Waals surface area contributed by atoms with Gasteiger partial charge in [0.05, 0.1) is 0 Å². The average molecular weight is 341 g/mol. The van der Waals surface area contributed by atoms with E-state index in [1.165, 1.54) is 16.0 Å². The molecule has 3 aliphatic rings. The summed E-state index contributed by atoms with van der Waals surface area (Å²) in [6.45, 7) is 3.70. The zero-order valence-corrected chi connectivity index (χ0v) is 14.8. The Morgan fingerprint density at radius 3 is 2.52 bits per heavy atom. The molecule has 0 bridgehead atoms. The SMILES string of the molecule is O=C1NC2(CCCC2)C(=O)N1CCCCN1CCc2ccccc2C1. The van der Waals surface area contributed by atoms with Crippen LogP contribution in [0.25, 0.3) is 0 Å². The zero-order valence-electron chi connectivity index (χ0n) is 14.8. The summed E-state index contributed by atoms with van der Waals surface area (Å²) in [7, 11) is 0. The van der Waals surface area contributed by atoms with Crippen molar-refractivity contribution in [1.82, 2.24) is 15.1 Å². The molecule has 1 aromatic carbocycles. The van der Waals surface area contributed by atoms with Crippen molar-refractivity contribution in [2.45, 2.75) is 57.0 Å². The largest absolute Gasteiger partial charge is 0.325 e. The first-order valence-corrected chi connectivity index (χ1v) is 9.61. The second kappa shape index (κ2) is 6.79. The van der Waals surface area contributed by atoms with E-state index in [9.17, 15) is 9.59 Å². The second-order valence-electron chi connectivity index (χ2n) is 7.68. The lowest BCUT2D eigenvalue weighted by Crippen LogP contribution is -2.44. The lowest BCUT2D eigenvalue weighted by Gasteiger charge is -2.28. The molecule has 5 nitrogen and oxygen atoms in total. The summed E-state index contributed by atoms with van der Waals surface area (Å²) in [5.74, 6) is 0.0156. The zero-order chi connectivity index (χ0) is 17.3. The number of nitrogens with zero attached hydrogens (tertiary/aromatic N) is 2. The van der Waals surface area contributed by atoms with Gasteiger partial charge < -0.3 is 5.32 Å². The number of nitrogens with one attached hydrogen (secondary N) is 1. The van der Waals surface area contributed by atoms with Gasteiger partial charge >= 0.3 is 6.03 Å². The fourth-order valence-electron chi connectivity index (χ4n) is 4.55. The van der Waals surface area contributed by atoms with Crippen LogP contribution in [-0.2, 0) is 17.8 Å². The molecule has 2 heterocycles. The first kappa shape index (κ1) is 16.6. The number of fused-ring (bicyclic) bond motifs is 1. The smallest absolute Gasteiger partial charge is 0.323 e. The van der Waals surface area contributed by atoms with Gasteiger partial charge in [-0.15, -0.1) is 0 Å². The Morgan fingerprint density at radius 1 is 1.00 bits per heavy atom. The van der Waals surface area contributed by atoms with E-state index in [4.69, 9.17) is 0 Å². The minimum absolute atomic E-state index is 0.0156. The molecule has 2 aliphatic heterocycles. The van der Waals surface area contributed by atoms with Crippen LogP contribution < -0.4 is 5.32 Å². The maximum atomic E-state index is 12.6. The van der Waals surface area contributed by atoms with Crippen LogP contribution in [0.15, 0.2) is 24.3 Å². The van der Waals surface area contributed by atoms with Crippen LogP contribution in [0.3, 0.4) is 0 Å². The van der Waals surface area contributed by atoms with Gasteiger partial charge in [0, 0.05) is 19.6 Å². The van der Waals surface area contributed by atoms with Gasteiger partial charge in [-0.3, -0.25) is 14.6 Å². The van der Waals surface area contributed by atoms with Gasteiger partial charge in [-0.05, 0) is 49.8 Å². The Hall–Kier alpha value is -1.88. The minimum Gasteiger partial charge on any atom is -0.323 e. The van der Waals surface area contributed by atoms with Crippen molar-refractivity contribution in [3.05, 3.63) is 35.4 Å². The molecule has 2 fully saturated rings. The molecule has 1 saturated heterocycles. The summed E-state index contributed by atoms with van der Waals surface area (Å²) < 4.78 is 0. The molecule has 1 aliphatic carbocycles. The predicted octanol–water partition coefficient (Wildman–Crippen LogP) is 2.69. The molecule has 0 radical (unpaired) electrons. The number of hydrogen-bond acceptors (Lipinski definition) is 3. The van der Waals surface area contributed by atoms with E-state index in [-0.39, 0.29) is 11.9 Å². The third-order valence-corrected chi connectivity index (χ3v) is 6.02. The molecule has 0 atom stereocenters. The lowest BCUT2D eigenvalue weighted by molar-refractivity contribution is -0.131. The van der Waals surface area contributed by atoms with Gasteiger partial charge in [0.15, 0.2) is 0 Å². The summed E-state index contributed by atoms with van der Waals surface area (Å²) >= 11 is 0. The summed E-state index contributed by atoms with van der Waals surface area (Å²) in [6.07, 6.45) is 6.71. The third-order valence-electron chi connectivity index (χ3n) is 6.02. The summed E-state index contributed by atoms with van der Waals surface area (Å²) in [5.41, 5.74) is 2.35. The van der Waals surface area contributed by atoms with Gasteiger partial charge in [0.2, 0.25) is 0 Å². The van der Waals surface area contributed by atoms with Crippen molar-refractivity contribution in [2.24, 2.45) is 0 Å². The van der Waals surface area contributed by atoms with Gasteiger partial charge in [-0.2, -0.15) is 0 Å². The maximum Gasteiger partial charge on any atom is 0.325 e. The topological polar surface area (TPSA) is 52.7 Å². The highest BCUT2D eigenvalue weighted by Gasteiger charge is 2.51. The van der Waals surface area contributed by atoms with Crippen LogP contribution in [-0.4, -0.2) is 46.9 Å². The molecule has 0 aromatic heterocycles. The Labute approximate surface area is 149 Å². The number of hydrogen-bond donors (Lipinski definition) is 1. The van der Waals surface area contributed by atoms with E-state index in [0.717, 1.165) is 64.6 Å². The molecule has 1 N–H and O–H groups in total. The highest BCUT2D eigenvalue weighted by Crippen LogP contribution is 2.35. The van der Waals surface area contributed by atoms with Crippen LogP contribution in [0.4, 0.5) is 4.79 Å². The number of carbonyl (C=O) groups excluding carboxylic acids is 2. The van der Waals surface area contributed by atoms with Gasteiger partial charge in [0.25, 0.3) is 5.91 Å². The van der Waals surface area contributed by atoms with Crippen LogP contribution in [0.5, 0.6) is 0 Å². The molecule has 25 heavy (non-hydrogen) atoms. The normalized spacial score (nSPS) is 22.5. The first-order chi connectivity index (χ1) is 12.2. The van der Waals surface area contributed by atoms with Crippen LogP contribution in [0.1, 0.15) is 49.7 Å². The Kier molecular flexibility index (Phi) is 4.50. The van der Waals surface area contributed by atoms with E-state index in [1.54, 1.807) is 0 Å². The standard InChI is InChI=1S/C20H27N3O2/c24-18-20(10-3-4-11-20)21-19(25)23(18)13-6-5-12-22-14-9-16-7-1-2-8-17(16)15-22/h1-2,7-8H,3-6,9-15H2,(H,21,25). The van der Waals surface area contributed by atoms with Crippen molar-refractivity contribution in [1.29, 1.82) is 0 Å². The van der Waals surface area contributed by atoms with E-state index in [0.29, 0.717) is 6.54 Å². The van der Waals surface area contributed by atoms with Crippen LogP contribution >= 0.6 is 0 Å². The lowest BCUT2D eigenvalue weighted by atomic mass is 9.98. The van der Waals surface area contributed by atoms with Crippen molar-refractivity contribution in [3.63, 3.8) is 0 Å². The molecule has 134 valence electrons. The Bertz CT molecular complexity index is 667. The molecule has 3 amide bonds. The van der Waals surface area contributed by atoms with E-state index >= 15 is 0 Å². The molecule has 5 heteroatoms. The predicted molar refractivity (Wildman–Crippen MR) is 96.1 cm³/mol. The van der Waals surface area contributed by atoms with Crippen LogP contribution in [0, 0.1) is 0 Å². The molecule has 1 aromatic rings. The summed E-state index contributed by atoms with van der Waals surface area (Å²) in [6, 6.07) is 8.49. The molecular formula is C20H27N3O2. The minimum atomic E-state index is -0.562. The quantitative estimate of drug-likeness (QED) is 0.662. The number of urea groups is 1. The number of rotatable bonds is 5. The molecule has 1 spiro atoms. The van der Waals surface area contributed by atoms with E-state index < -0.39 is 5.54 Å². The van der Waals surface area contributed by atoms with E-state index in [1.807, 2.05) is 0 Å². The van der Waals surface area contributed by atoms with Crippen molar-refractivity contribution < 1.29 is 9.59 Å². The van der Waals surface area contributed by atoms with Crippen molar-refractivity contribution in [3.8, 4) is 0 Å². The average Bonchev–Trinajstić information content (AvgIpc) is 3.18. The fraction of sp³-hybridized carbons (Fsp3) is 0.600. The van der Waals surface area contributed by atoms with Gasteiger partial charge in [-0.25, -0.2) is 4.79 Å². The molecule has 4 rings (SSSR count). The highest BCUT2D eigenvalue weighted by atomic mass is 16.2. The fourth-order valence-corrected chi connectivity index (χ4v) is 4.55. The third kappa shape index (κ3) is 3.17. The highest BCUT2D eigenvalue weighted by molar-refractivity contribution is 6.07. The first-order valence-electron chi connectivity index (χ1n) is 9.61. The maximum absolute atomic E-state index is 12.6. The number of imide groups is 1. The second-order valence-corrected chi connectivity index (χ2v) is 7.68. The van der Waals surface area contributed by atoms with Crippen molar-refractivity contribution in [2.75, 3.05) is 19.6 Å². The molecule has 0 unspecified atom stereocenters. The number of benzene rings is 1. The number of unbranched alkanes of at least 4 members (excludes halogenated alkanes) is 1. The number of amides is 3. The molecular weight excluding hydrogens is 314 g/mol. The van der Waals surface area contributed by atoms with Crippen LogP contribution in [0.2, 0.25) is 0 Å². The van der Waals surface area contributed by atoms with Gasteiger partial charge in [-0.1, -0.05) is 37.1 Å². The van der Waals surface area contributed by atoms with E-state index in [2.05, 4.69) is 34.5 Å². The summed E-state index contributed by atoms with van der Waals surface area (Å²) in [5, 5.41) is 2.96. The Morgan fingerprint density at radius 2 is 1.72 bits per heavy atom. The summed E-state index contributed by atoms with van der Waals surface area (Å²) in [4.78, 5) is 28.7. The number of carbonyl (C=O) groups is 2. The monoisotopic (exact) mass is 341 g/mol. The van der Waals surface area contributed by atoms with Crippen molar-refractivity contribution >= 4 is 11.9 Å². The van der Waals surface area contributed by atoms with Gasteiger partial charge in [0.1, 0.15) is 5.54 Å².